The molecule has 1 aromatic rings. The molecule has 2 unspecified atom stereocenters. The van der Waals surface area contributed by atoms with Crippen molar-refractivity contribution in [1.82, 2.24) is 5.32 Å². The fraction of sp³-hybridized carbons (Fsp3) is 0.462. The Hall–Kier alpha value is -1.42. The molecule has 1 aromatic carbocycles. The minimum Gasteiger partial charge on any atom is -0.480 e. The summed E-state index contributed by atoms with van der Waals surface area (Å²) < 4.78 is 13.1. The second kappa shape index (κ2) is 4.84. The van der Waals surface area contributed by atoms with Crippen LogP contribution in [0.1, 0.15) is 31.4 Å². The number of hydrogen-bond acceptors (Lipinski definition) is 2. The van der Waals surface area contributed by atoms with Crippen molar-refractivity contribution in [1.29, 1.82) is 0 Å². The van der Waals surface area contributed by atoms with Gasteiger partial charge in [-0.05, 0) is 43.4 Å². The maximum absolute atomic E-state index is 13.1. The molecule has 4 heteroatoms. The summed E-state index contributed by atoms with van der Waals surface area (Å²) in [5, 5.41) is 12.2. The van der Waals surface area contributed by atoms with Gasteiger partial charge in [-0.1, -0.05) is 12.1 Å². The molecule has 0 spiro atoms. The van der Waals surface area contributed by atoms with Crippen LogP contribution in [0.3, 0.4) is 0 Å². The number of hydrogen-bond donors (Lipinski definition) is 2. The Morgan fingerprint density at radius 1 is 1.53 bits per heavy atom. The number of halogens is 1. The number of carbonyl (C=O) groups is 1. The van der Waals surface area contributed by atoms with Gasteiger partial charge in [-0.15, -0.1) is 0 Å². The monoisotopic (exact) mass is 237 g/mol. The van der Waals surface area contributed by atoms with Crippen LogP contribution in [-0.4, -0.2) is 17.1 Å². The van der Waals surface area contributed by atoms with Crippen LogP contribution >= 0.6 is 0 Å². The van der Waals surface area contributed by atoms with Gasteiger partial charge in [0.05, 0.1) is 0 Å². The van der Waals surface area contributed by atoms with Gasteiger partial charge in [-0.2, -0.15) is 0 Å². The highest BCUT2D eigenvalue weighted by molar-refractivity contribution is 5.74. The first-order valence-electron chi connectivity index (χ1n) is 5.82. The molecule has 1 aliphatic carbocycles. The van der Waals surface area contributed by atoms with E-state index in [4.69, 9.17) is 5.11 Å². The second-order valence-electron chi connectivity index (χ2n) is 4.60. The van der Waals surface area contributed by atoms with Crippen molar-refractivity contribution in [3.8, 4) is 0 Å². The fourth-order valence-electron chi connectivity index (χ4n) is 1.98. The molecule has 0 saturated heterocycles. The fourth-order valence-corrected chi connectivity index (χ4v) is 1.98. The summed E-state index contributed by atoms with van der Waals surface area (Å²) in [5.74, 6) is -0.895. The lowest BCUT2D eigenvalue weighted by Crippen LogP contribution is -2.40. The minimum atomic E-state index is -0.823. The molecule has 2 N–H and O–H groups in total. The first-order chi connectivity index (χ1) is 8.08. The highest BCUT2D eigenvalue weighted by Gasteiger charge is 2.36. The lowest BCUT2D eigenvalue weighted by Gasteiger charge is -2.20. The van der Waals surface area contributed by atoms with Gasteiger partial charge in [0.1, 0.15) is 11.9 Å². The van der Waals surface area contributed by atoms with E-state index in [9.17, 15) is 9.18 Å². The first-order valence-corrected chi connectivity index (χ1v) is 5.82. The summed E-state index contributed by atoms with van der Waals surface area (Å²) in [6.45, 7) is 1.85. The van der Waals surface area contributed by atoms with Crippen molar-refractivity contribution in [2.45, 2.75) is 31.8 Å². The number of aliphatic carboxylic acids is 1. The Morgan fingerprint density at radius 2 is 2.24 bits per heavy atom. The van der Waals surface area contributed by atoms with E-state index in [1.807, 2.05) is 6.92 Å². The molecule has 1 fully saturated rings. The molecule has 0 radical (unpaired) electrons. The third-order valence-corrected chi connectivity index (χ3v) is 3.14. The van der Waals surface area contributed by atoms with Crippen molar-refractivity contribution < 1.29 is 14.3 Å². The van der Waals surface area contributed by atoms with E-state index >= 15 is 0 Å². The minimum absolute atomic E-state index is 0.160. The summed E-state index contributed by atoms with van der Waals surface area (Å²) >= 11 is 0. The maximum atomic E-state index is 13.1. The number of carboxylic acids is 1. The number of carboxylic acid groups (broad SMARTS) is 1. The Bertz CT molecular complexity index is 418. The van der Waals surface area contributed by atoms with Gasteiger partial charge in [0, 0.05) is 6.04 Å². The summed E-state index contributed by atoms with van der Waals surface area (Å²) in [6, 6.07) is 5.57. The molecular formula is C13H16FNO2. The van der Waals surface area contributed by atoms with Crippen LogP contribution < -0.4 is 5.32 Å². The highest BCUT2D eigenvalue weighted by Crippen LogP contribution is 2.33. The van der Waals surface area contributed by atoms with Crippen molar-refractivity contribution in [3.63, 3.8) is 0 Å². The molecule has 92 valence electrons. The van der Waals surface area contributed by atoms with E-state index in [1.54, 1.807) is 12.1 Å². The summed E-state index contributed by atoms with van der Waals surface area (Å²) in [4.78, 5) is 11.1. The molecule has 17 heavy (non-hydrogen) atoms. The van der Waals surface area contributed by atoms with Crippen molar-refractivity contribution in [2.75, 3.05) is 0 Å². The standard InChI is InChI=1S/C13H16FNO2/c1-8(10-3-2-4-11(14)7-10)15-12(13(16)17)9-5-6-9/h2-4,7-9,12,15H,5-6H2,1H3,(H,16,17). The lowest BCUT2D eigenvalue weighted by atomic mass is 10.1. The molecule has 0 amide bonds. The smallest absolute Gasteiger partial charge is 0.320 e. The Morgan fingerprint density at radius 3 is 2.76 bits per heavy atom. The third-order valence-electron chi connectivity index (χ3n) is 3.14. The average Bonchev–Trinajstić information content (AvgIpc) is 3.09. The first kappa shape index (κ1) is 12.0. The van der Waals surface area contributed by atoms with Gasteiger partial charge in [0.25, 0.3) is 0 Å². The van der Waals surface area contributed by atoms with E-state index in [0.717, 1.165) is 18.4 Å². The zero-order valence-corrected chi connectivity index (χ0v) is 9.69. The molecule has 0 aliphatic heterocycles. The van der Waals surface area contributed by atoms with Crippen LogP contribution in [0.2, 0.25) is 0 Å². The molecule has 2 atom stereocenters. The Balaban J connectivity index is 2.04. The zero-order valence-electron chi connectivity index (χ0n) is 9.69. The van der Waals surface area contributed by atoms with Crippen LogP contribution in [0.25, 0.3) is 0 Å². The van der Waals surface area contributed by atoms with E-state index < -0.39 is 12.0 Å². The van der Waals surface area contributed by atoms with E-state index in [2.05, 4.69) is 5.32 Å². The number of rotatable bonds is 5. The highest BCUT2D eigenvalue weighted by atomic mass is 19.1. The summed E-state index contributed by atoms with van der Waals surface area (Å²) in [5.41, 5.74) is 0.775. The van der Waals surface area contributed by atoms with Gasteiger partial charge in [0.15, 0.2) is 0 Å². The van der Waals surface area contributed by atoms with Gasteiger partial charge in [-0.25, -0.2) is 4.39 Å². The van der Waals surface area contributed by atoms with Crippen LogP contribution in [-0.2, 0) is 4.79 Å². The zero-order chi connectivity index (χ0) is 12.4. The topological polar surface area (TPSA) is 49.3 Å². The molecule has 0 heterocycles. The predicted molar refractivity (Wildman–Crippen MR) is 62.1 cm³/mol. The van der Waals surface area contributed by atoms with Crippen molar-refractivity contribution in [3.05, 3.63) is 35.6 Å². The molecule has 3 nitrogen and oxygen atoms in total. The molecule has 1 aliphatic rings. The van der Waals surface area contributed by atoms with Gasteiger partial charge in [0.2, 0.25) is 0 Å². The number of nitrogens with one attached hydrogen (secondary N) is 1. The van der Waals surface area contributed by atoms with Gasteiger partial charge < -0.3 is 5.11 Å². The van der Waals surface area contributed by atoms with E-state index in [1.165, 1.54) is 12.1 Å². The van der Waals surface area contributed by atoms with Crippen molar-refractivity contribution >= 4 is 5.97 Å². The third kappa shape index (κ3) is 3.03. The van der Waals surface area contributed by atoms with Crippen LogP contribution in [0, 0.1) is 11.7 Å². The average molecular weight is 237 g/mol. The van der Waals surface area contributed by atoms with Crippen LogP contribution in [0.15, 0.2) is 24.3 Å². The van der Waals surface area contributed by atoms with E-state index in [0.29, 0.717) is 0 Å². The number of benzene rings is 1. The molecular weight excluding hydrogens is 221 g/mol. The van der Waals surface area contributed by atoms with Crippen LogP contribution in [0.4, 0.5) is 4.39 Å². The van der Waals surface area contributed by atoms with Gasteiger partial charge in [-0.3, -0.25) is 10.1 Å². The predicted octanol–water partition coefficient (Wildman–Crippen LogP) is 2.34. The normalized spacial score (nSPS) is 18.7. The maximum Gasteiger partial charge on any atom is 0.320 e. The van der Waals surface area contributed by atoms with Crippen LogP contribution in [0.5, 0.6) is 0 Å². The Kier molecular flexibility index (Phi) is 3.43. The Labute approximate surface area is 99.7 Å². The largest absolute Gasteiger partial charge is 0.480 e. The molecule has 0 aromatic heterocycles. The summed E-state index contributed by atoms with van der Waals surface area (Å²) in [7, 11) is 0. The quantitative estimate of drug-likeness (QED) is 0.826. The SMILES string of the molecule is CC(NC(C(=O)O)C1CC1)c1cccc(F)c1. The molecule has 0 bridgehead atoms. The molecule has 2 rings (SSSR count). The van der Waals surface area contributed by atoms with E-state index in [-0.39, 0.29) is 17.8 Å². The second-order valence-corrected chi connectivity index (χ2v) is 4.60. The van der Waals surface area contributed by atoms with Gasteiger partial charge >= 0.3 is 5.97 Å². The summed E-state index contributed by atoms with van der Waals surface area (Å²) in [6.07, 6.45) is 1.92. The molecule has 1 saturated carbocycles. The van der Waals surface area contributed by atoms with Crippen molar-refractivity contribution in [2.24, 2.45) is 5.92 Å². The lowest BCUT2D eigenvalue weighted by molar-refractivity contribution is -0.140.